The number of aromatic nitrogens is 3. The molecule has 2 rings (SSSR count). The Labute approximate surface area is 116 Å². The summed E-state index contributed by atoms with van der Waals surface area (Å²) in [5, 5.41) is 8.31. The Morgan fingerprint density at radius 2 is 1.81 bits per heavy atom. The highest BCUT2D eigenvalue weighted by Gasteiger charge is 2.03. The first kappa shape index (κ1) is 15.8. The third-order valence-electron chi connectivity index (χ3n) is 2.06. The third kappa shape index (κ3) is 5.08. The summed E-state index contributed by atoms with van der Waals surface area (Å²) in [6.45, 7) is 0. The summed E-state index contributed by atoms with van der Waals surface area (Å²) >= 11 is 0. The summed E-state index contributed by atoms with van der Waals surface area (Å²) in [4.78, 5) is 49.4. The average molecular weight is 293 g/mol. The maximum Gasteiger partial charge on any atom is 0.352 e. The Balaban J connectivity index is 0.000000211. The van der Waals surface area contributed by atoms with Crippen LogP contribution in [0.15, 0.2) is 40.2 Å². The van der Waals surface area contributed by atoms with Gasteiger partial charge in [0.1, 0.15) is 5.69 Å². The number of rotatable bonds is 2. The molecule has 0 aromatic carbocycles. The number of H-pyrrole nitrogens is 2. The van der Waals surface area contributed by atoms with Gasteiger partial charge in [0.05, 0.1) is 0 Å². The van der Waals surface area contributed by atoms with Gasteiger partial charge in [-0.1, -0.05) is 0 Å². The molecule has 21 heavy (non-hydrogen) atoms. The van der Waals surface area contributed by atoms with Gasteiger partial charge in [-0.15, -0.1) is 0 Å². The van der Waals surface area contributed by atoms with E-state index in [1.807, 2.05) is 15.4 Å². The van der Waals surface area contributed by atoms with E-state index in [4.69, 9.17) is 10.9 Å². The summed E-state index contributed by atoms with van der Waals surface area (Å²) in [6, 6.07) is 3.97. The maximum atomic E-state index is 10.7. The Morgan fingerprint density at radius 3 is 2.29 bits per heavy atom. The standard InChI is InChI=1S/C6H7N3O.C5H4N2O4/c7-9-6(10)5-1-3-8-4-2-5;8-3-1-2(4(9)10)6-5(11)7-3/h1-4H,7H2,(H,9,10);1H,(H,9,10)(H2,6,7,8,11). The molecule has 0 atom stereocenters. The summed E-state index contributed by atoms with van der Waals surface area (Å²) in [7, 11) is 0. The van der Waals surface area contributed by atoms with Crippen molar-refractivity contribution < 1.29 is 14.7 Å². The highest BCUT2D eigenvalue weighted by atomic mass is 16.4. The molecule has 10 nitrogen and oxygen atoms in total. The molecule has 2 aromatic heterocycles. The zero-order valence-corrected chi connectivity index (χ0v) is 10.5. The maximum absolute atomic E-state index is 10.7. The number of amides is 1. The molecule has 0 saturated carbocycles. The summed E-state index contributed by atoms with van der Waals surface area (Å²) in [5.41, 5.74) is 0.554. The zero-order valence-electron chi connectivity index (χ0n) is 10.5. The molecular weight excluding hydrogens is 282 g/mol. The predicted molar refractivity (Wildman–Crippen MR) is 70.5 cm³/mol. The monoisotopic (exact) mass is 293 g/mol. The lowest BCUT2D eigenvalue weighted by atomic mass is 10.3. The van der Waals surface area contributed by atoms with Gasteiger partial charge >= 0.3 is 11.7 Å². The highest BCUT2D eigenvalue weighted by Crippen LogP contribution is 1.93. The molecule has 0 unspecified atom stereocenters. The quantitative estimate of drug-likeness (QED) is 0.253. The molecular formula is C11H11N5O5. The van der Waals surface area contributed by atoms with E-state index in [1.165, 1.54) is 12.4 Å². The number of nitrogens with one attached hydrogen (secondary N) is 3. The first-order valence-corrected chi connectivity index (χ1v) is 5.42. The van der Waals surface area contributed by atoms with Crippen molar-refractivity contribution in [3.63, 3.8) is 0 Å². The second kappa shape index (κ2) is 7.35. The van der Waals surface area contributed by atoms with Gasteiger partial charge < -0.3 is 10.1 Å². The van der Waals surface area contributed by atoms with Crippen LogP contribution >= 0.6 is 0 Å². The first-order valence-electron chi connectivity index (χ1n) is 5.42. The Bertz CT molecular complexity index is 708. The normalized spacial score (nSPS) is 9.19. The van der Waals surface area contributed by atoms with Crippen molar-refractivity contribution in [2.75, 3.05) is 0 Å². The number of nitrogens with zero attached hydrogens (tertiary/aromatic N) is 1. The topological polar surface area (TPSA) is 171 Å². The number of hydrogen-bond acceptors (Lipinski definition) is 6. The van der Waals surface area contributed by atoms with Crippen LogP contribution in [0, 0.1) is 0 Å². The van der Waals surface area contributed by atoms with Crippen LogP contribution in [0.4, 0.5) is 0 Å². The molecule has 2 heterocycles. The SMILES string of the molecule is NNC(=O)c1ccncc1.O=C(O)c1cc(=O)[nH]c(=O)[nH]1. The fraction of sp³-hybridized carbons (Fsp3) is 0. The van der Waals surface area contributed by atoms with Gasteiger partial charge in [-0.2, -0.15) is 0 Å². The van der Waals surface area contributed by atoms with Crippen molar-refractivity contribution in [3.05, 3.63) is 62.7 Å². The summed E-state index contributed by atoms with van der Waals surface area (Å²) < 4.78 is 0. The van der Waals surface area contributed by atoms with Crippen molar-refractivity contribution in [3.8, 4) is 0 Å². The molecule has 110 valence electrons. The summed E-state index contributed by atoms with van der Waals surface area (Å²) in [6.07, 6.45) is 3.06. The first-order chi connectivity index (χ1) is 9.93. The number of carboxylic acid groups (broad SMARTS) is 1. The molecule has 2 aromatic rings. The molecule has 0 aliphatic heterocycles. The van der Waals surface area contributed by atoms with Crippen LogP contribution < -0.4 is 22.5 Å². The van der Waals surface area contributed by atoms with E-state index in [1.54, 1.807) is 12.1 Å². The minimum atomic E-state index is -1.34. The van der Waals surface area contributed by atoms with Crippen LogP contribution in [0.3, 0.4) is 0 Å². The van der Waals surface area contributed by atoms with Crippen LogP contribution in [-0.4, -0.2) is 31.9 Å². The lowest BCUT2D eigenvalue weighted by Crippen LogP contribution is -2.29. The van der Waals surface area contributed by atoms with E-state index in [2.05, 4.69) is 4.98 Å². The zero-order chi connectivity index (χ0) is 15.8. The molecule has 0 bridgehead atoms. The number of nitrogens with two attached hydrogens (primary N) is 1. The molecule has 1 amide bonds. The molecule has 0 aliphatic rings. The number of carboxylic acids is 1. The molecule has 6 N–H and O–H groups in total. The largest absolute Gasteiger partial charge is 0.477 e. The van der Waals surface area contributed by atoms with Crippen LogP contribution in [0.5, 0.6) is 0 Å². The van der Waals surface area contributed by atoms with E-state index < -0.39 is 22.9 Å². The second-order valence-corrected chi connectivity index (χ2v) is 3.52. The molecule has 0 saturated heterocycles. The van der Waals surface area contributed by atoms with Gasteiger partial charge in [0.15, 0.2) is 0 Å². The summed E-state index contributed by atoms with van der Waals surface area (Å²) in [5.74, 6) is 3.24. The Hall–Kier alpha value is -3.27. The number of carbonyl (C=O) groups is 2. The number of nitrogen functional groups attached to an aromatic ring is 1. The molecule has 0 fully saturated rings. The number of hydrazine groups is 1. The van der Waals surface area contributed by atoms with Crippen LogP contribution in [0.1, 0.15) is 20.8 Å². The van der Waals surface area contributed by atoms with Crippen molar-refractivity contribution in [1.82, 2.24) is 20.4 Å². The minimum absolute atomic E-state index is 0.303. The molecule has 0 spiro atoms. The van der Waals surface area contributed by atoms with Crippen molar-refractivity contribution in [1.29, 1.82) is 0 Å². The molecule has 10 heteroatoms. The van der Waals surface area contributed by atoms with E-state index >= 15 is 0 Å². The smallest absolute Gasteiger partial charge is 0.352 e. The molecule has 0 aliphatic carbocycles. The fourth-order valence-corrected chi connectivity index (χ4v) is 1.17. The number of carbonyl (C=O) groups excluding carboxylic acids is 1. The van der Waals surface area contributed by atoms with Gasteiger partial charge in [-0.3, -0.25) is 25.0 Å². The number of pyridine rings is 1. The van der Waals surface area contributed by atoms with E-state index in [0.717, 1.165) is 6.07 Å². The van der Waals surface area contributed by atoms with Crippen LogP contribution in [-0.2, 0) is 0 Å². The van der Waals surface area contributed by atoms with Gasteiger partial charge in [0.25, 0.3) is 11.5 Å². The predicted octanol–water partition coefficient (Wildman–Crippen LogP) is -1.55. The van der Waals surface area contributed by atoms with Crippen LogP contribution in [0.25, 0.3) is 0 Å². The molecule has 0 radical (unpaired) electrons. The Kier molecular flexibility index (Phi) is 5.53. The minimum Gasteiger partial charge on any atom is -0.477 e. The number of hydrogen-bond donors (Lipinski definition) is 5. The average Bonchev–Trinajstić information content (AvgIpc) is 2.47. The van der Waals surface area contributed by atoms with E-state index in [9.17, 15) is 19.2 Å². The van der Waals surface area contributed by atoms with Gasteiger partial charge in [-0.25, -0.2) is 15.4 Å². The fourth-order valence-electron chi connectivity index (χ4n) is 1.17. The van der Waals surface area contributed by atoms with Crippen molar-refractivity contribution in [2.45, 2.75) is 0 Å². The highest BCUT2D eigenvalue weighted by molar-refractivity contribution is 5.93. The van der Waals surface area contributed by atoms with E-state index in [-0.39, 0.29) is 5.91 Å². The number of aromatic amines is 2. The number of aromatic carboxylic acids is 1. The van der Waals surface area contributed by atoms with Gasteiger partial charge in [0, 0.05) is 24.0 Å². The lowest BCUT2D eigenvalue weighted by Gasteiger charge is -1.95. The van der Waals surface area contributed by atoms with Crippen LogP contribution in [0.2, 0.25) is 0 Å². The van der Waals surface area contributed by atoms with Gasteiger partial charge in [0.2, 0.25) is 0 Å². The van der Waals surface area contributed by atoms with E-state index in [0.29, 0.717) is 5.56 Å². The Morgan fingerprint density at radius 1 is 1.19 bits per heavy atom. The second-order valence-electron chi connectivity index (χ2n) is 3.52. The third-order valence-corrected chi connectivity index (χ3v) is 2.06. The van der Waals surface area contributed by atoms with Crippen molar-refractivity contribution >= 4 is 11.9 Å². The van der Waals surface area contributed by atoms with Crippen molar-refractivity contribution in [2.24, 2.45) is 5.84 Å². The lowest BCUT2D eigenvalue weighted by molar-refractivity contribution is 0.0689. The van der Waals surface area contributed by atoms with Gasteiger partial charge in [-0.05, 0) is 12.1 Å².